The van der Waals surface area contributed by atoms with Gasteiger partial charge in [0.25, 0.3) is 0 Å². The zero-order valence-electron chi connectivity index (χ0n) is 13.6. The van der Waals surface area contributed by atoms with Crippen molar-refractivity contribution in [2.24, 2.45) is 7.05 Å². The summed E-state index contributed by atoms with van der Waals surface area (Å²) in [6.07, 6.45) is 3.82. The molecule has 0 saturated carbocycles. The topological polar surface area (TPSA) is 42.3 Å². The van der Waals surface area contributed by atoms with Gasteiger partial charge in [0.2, 0.25) is 0 Å². The van der Waals surface area contributed by atoms with Crippen LogP contribution in [0, 0.1) is 0 Å². The maximum atomic E-state index is 5.47. The van der Waals surface area contributed by atoms with E-state index in [0.29, 0.717) is 0 Å². The van der Waals surface area contributed by atoms with Crippen molar-refractivity contribution in [1.29, 1.82) is 0 Å². The van der Waals surface area contributed by atoms with Crippen LogP contribution in [-0.2, 0) is 18.3 Å². The van der Waals surface area contributed by atoms with Gasteiger partial charge in [0.05, 0.1) is 19.3 Å². The van der Waals surface area contributed by atoms with Gasteiger partial charge in [0.1, 0.15) is 5.82 Å². The highest BCUT2D eigenvalue weighted by atomic mass is 79.9. The molecule has 2 aromatic rings. The first-order valence-corrected chi connectivity index (χ1v) is 8.76. The lowest BCUT2D eigenvalue weighted by Gasteiger charge is -2.31. The minimum absolute atomic E-state index is 0.205. The zero-order valence-corrected chi connectivity index (χ0v) is 15.2. The summed E-state index contributed by atoms with van der Waals surface area (Å²) in [5.74, 6) is 1.05. The van der Waals surface area contributed by atoms with Crippen molar-refractivity contribution in [3.05, 3.63) is 46.5 Å². The molecule has 0 aliphatic carbocycles. The van der Waals surface area contributed by atoms with Gasteiger partial charge in [0.15, 0.2) is 0 Å². The highest BCUT2D eigenvalue weighted by Crippen LogP contribution is 2.26. The van der Waals surface area contributed by atoms with Crippen LogP contribution in [-0.4, -0.2) is 35.9 Å². The summed E-state index contributed by atoms with van der Waals surface area (Å²) in [6.45, 7) is 6.44. The third-order valence-corrected chi connectivity index (χ3v) is 4.74. The van der Waals surface area contributed by atoms with Crippen molar-refractivity contribution in [2.75, 3.05) is 31.2 Å². The van der Waals surface area contributed by atoms with Crippen molar-refractivity contribution in [3.8, 4) is 0 Å². The van der Waals surface area contributed by atoms with Crippen LogP contribution >= 0.6 is 15.9 Å². The van der Waals surface area contributed by atoms with Crippen molar-refractivity contribution in [2.45, 2.75) is 19.5 Å². The van der Waals surface area contributed by atoms with E-state index in [9.17, 15) is 0 Å². The molecule has 5 nitrogen and oxygen atoms in total. The number of aromatic nitrogens is 2. The maximum absolute atomic E-state index is 5.47. The summed E-state index contributed by atoms with van der Waals surface area (Å²) in [6, 6.07) is 6.70. The SMILES string of the molecule is CC(NCc1ccc(Br)cc1N1CCOCC1)c1nccn1C. The molecular weight excluding hydrogens is 356 g/mol. The number of imidazole rings is 1. The average molecular weight is 379 g/mol. The number of rotatable bonds is 5. The van der Waals surface area contributed by atoms with Crippen LogP contribution in [0.3, 0.4) is 0 Å². The predicted molar refractivity (Wildman–Crippen MR) is 95.6 cm³/mol. The molecule has 0 amide bonds. The van der Waals surface area contributed by atoms with Gasteiger partial charge in [-0.25, -0.2) is 4.98 Å². The Kier molecular flexibility index (Phi) is 5.35. The van der Waals surface area contributed by atoms with Crippen LogP contribution in [0.1, 0.15) is 24.4 Å². The van der Waals surface area contributed by atoms with Crippen LogP contribution in [0.5, 0.6) is 0 Å². The van der Waals surface area contributed by atoms with Crippen LogP contribution in [0.4, 0.5) is 5.69 Å². The Morgan fingerprint density at radius 2 is 2.13 bits per heavy atom. The first-order chi connectivity index (χ1) is 11.1. The van der Waals surface area contributed by atoms with Crippen molar-refractivity contribution in [3.63, 3.8) is 0 Å². The van der Waals surface area contributed by atoms with Gasteiger partial charge >= 0.3 is 0 Å². The number of hydrogen-bond donors (Lipinski definition) is 1. The van der Waals surface area contributed by atoms with Crippen molar-refractivity contribution in [1.82, 2.24) is 14.9 Å². The number of morpholine rings is 1. The van der Waals surface area contributed by atoms with Crippen LogP contribution in [0.15, 0.2) is 35.1 Å². The Morgan fingerprint density at radius 3 is 2.83 bits per heavy atom. The number of anilines is 1. The van der Waals surface area contributed by atoms with Gasteiger partial charge in [0, 0.05) is 49.2 Å². The van der Waals surface area contributed by atoms with Gasteiger partial charge in [-0.15, -0.1) is 0 Å². The quantitative estimate of drug-likeness (QED) is 0.868. The van der Waals surface area contributed by atoms with Crippen LogP contribution in [0.2, 0.25) is 0 Å². The summed E-state index contributed by atoms with van der Waals surface area (Å²) < 4.78 is 8.64. The number of benzene rings is 1. The van der Waals surface area contributed by atoms with E-state index in [1.165, 1.54) is 11.3 Å². The highest BCUT2D eigenvalue weighted by Gasteiger charge is 2.16. The molecule has 1 atom stereocenters. The number of nitrogens with zero attached hydrogens (tertiary/aromatic N) is 3. The lowest BCUT2D eigenvalue weighted by atomic mass is 10.1. The molecule has 124 valence electrons. The first kappa shape index (κ1) is 16.5. The Morgan fingerprint density at radius 1 is 1.35 bits per heavy atom. The van der Waals surface area contributed by atoms with Crippen LogP contribution < -0.4 is 10.2 Å². The Balaban J connectivity index is 1.73. The molecule has 0 radical (unpaired) electrons. The molecular formula is C17H23BrN4O. The van der Waals surface area contributed by atoms with E-state index in [1.54, 1.807) is 0 Å². The smallest absolute Gasteiger partial charge is 0.125 e. The fraction of sp³-hybridized carbons (Fsp3) is 0.471. The highest BCUT2D eigenvalue weighted by molar-refractivity contribution is 9.10. The Labute approximate surface area is 145 Å². The molecule has 6 heteroatoms. The van der Waals surface area contributed by atoms with Crippen molar-refractivity contribution >= 4 is 21.6 Å². The number of aryl methyl sites for hydroxylation is 1. The first-order valence-electron chi connectivity index (χ1n) is 7.97. The molecule has 1 aliphatic rings. The van der Waals surface area contributed by atoms with E-state index >= 15 is 0 Å². The van der Waals surface area contributed by atoms with Gasteiger partial charge in [-0.3, -0.25) is 0 Å². The van der Waals surface area contributed by atoms with E-state index < -0.39 is 0 Å². The number of hydrogen-bond acceptors (Lipinski definition) is 4. The van der Waals surface area contributed by atoms with Gasteiger partial charge in [-0.2, -0.15) is 0 Å². The number of nitrogens with one attached hydrogen (secondary N) is 1. The molecule has 1 fully saturated rings. The molecule has 0 spiro atoms. The Bertz CT molecular complexity index is 652. The molecule has 3 rings (SSSR count). The summed E-state index contributed by atoms with van der Waals surface area (Å²) in [5.41, 5.74) is 2.58. The van der Waals surface area contributed by atoms with E-state index in [2.05, 4.69) is 60.8 Å². The second kappa shape index (κ2) is 7.47. The number of ether oxygens (including phenoxy) is 1. The molecule has 1 unspecified atom stereocenters. The monoisotopic (exact) mass is 378 g/mol. The molecule has 1 aromatic heterocycles. The van der Waals surface area contributed by atoms with E-state index in [1.807, 2.05) is 19.4 Å². The lowest BCUT2D eigenvalue weighted by molar-refractivity contribution is 0.122. The van der Waals surface area contributed by atoms with Crippen LogP contribution in [0.25, 0.3) is 0 Å². The van der Waals surface area contributed by atoms with Gasteiger partial charge in [-0.05, 0) is 24.6 Å². The second-order valence-electron chi connectivity index (χ2n) is 5.87. The Hall–Kier alpha value is -1.37. The predicted octanol–water partition coefficient (Wildman–Crippen LogP) is 2.87. The minimum Gasteiger partial charge on any atom is -0.378 e. The van der Waals surface area contributed by atoms with E-state index in [0.717, 1.165) is 43.1 Å². The lowest BCUT2D eigenvalue weighted by Crippen LogP contribution is -2.37. The standard InChI is InChI=1S/C17H23BrN4O/c1-13(17-19-5-6-21(17)2)20-12-14-3-4-15(18)11-16(14)22-7-9-23-10-8-22/h3-6,11,13,20H,7-10,12H2,1-2H3. The van der Waals surface area contributed by atoms with E-state index in [-0.39, 0.29) is 6.04 Å². The molecule has 23 heavy (non-hydrogen) atoms. The molecule has 1 aliphatic heterocycles. The minimum atomic E-state index is 0.205. The summed E-state index contributed by atoms with van der Waals surface area (Å²) in [4.78, 5) is 6.82. The summed E-state index contributed by atoms with van der Waals surface area (Å²) in [7, 11) is 2.03. The molecule has 2 heterocycles. The fourth-order valence-electron chi connectivity index (χ4n) is 2.93. The van der Waals surface area contributed by atoms with E-state index in [4.69, 9.17) is 4.74 Å². The maximum Gasteiger partial charge on any atom is 0.125 e. The second-order valence-corrected chi connectivity index (χ2v) is 6.79. The van der Waals surface area contributed by atoms with Gasteiger partial charge < -0.3 is 19.5 Å². The number of halogens is 1. The zero-order chi connectivity index (χ0) is 16.2. The third-order valence-electron chi connectivity index (χ3n) is 4.24. The third kappa shape index (κ3) is 3.94. The normalized spacial score (nSPS) is 16.6. The molecule has 0 bridgehead atoms. The summed E-state index contributed by atoms with van der Waals surface area (Å²) in [5, 5.41) is 3.58. The average Bonchev–Trinajstić information content (AvgIpc) is 3.00. The molecule has 1 aromatic carbocycles. The van der Waals surface area contributed by atoms with Crippen molar-refractivity contribution < 1.29 is 4.74 Å². The summed E-state index contributed by atoms with van der Waals surface area (Å²) >= 11 is 3.59. The fourth-order valence-corrected chi connectivity index (χ4v) is 3.28. The molecule has 1 saturated heterocycles. The largest absolute Gasteiger partial charge is 0.378 e. The van der Waals surface area contributed by atoms with Gasteiger partial charge in [-0.1, -0.05) is 22.0 Å². The molecule has 1 N–H and O–H groups in total.